The number of rotatable bonds is 6. The van der Waals surface area contributed by atoms with E-state index in [9.17, 15) is 9.59 Å². The van der Waals surface area contributed by atoms with Gasteiger partial charge >= 0.3 is 5.97 Å². The highest BCUT2D eigenvalue weighted by Crippen LogP contribution is 2.46. The highest BCUT2D eigenvalue weighted by Gasteiger charge is 2.50. The van der Waals surface area contributed by atoms with Gasteiger partial charge in [-0.1, -0.05) is 6.42 Å². The number of hydrogen-bond donors (Lipinski definition) is 3. The van der Waals surface area contributed by atoms with E-state index in [2.05, 4.69) is 5.32 Å². The molecule has 2 rings (SSSR count). The highest BCUT2D eigenvalue weighted by atomic mass is 16.4. The van der Waals surface area contributed by atoms with Gasteiger partial charge in [0.1, 0.15) is 0 Å². The van der Waals surface area contributed by atoms with Crippen LogP contribution in [0.1, 0.15) is 38.5 Å². The number of carbonyl (C=O) groups is 2. The van der Waals surface area contributed by atoms with Gasteiger partial charge in [0.25, 0.3) is 0 Å². The molecule has 5 nitrogen and oxygen atoms in total. The van der Waals surface area contributed by atoms with Crippen molar-refractivity contribution in [2.75, 3.05) is 13.1 Å². The molecule has 0 saturated heterocycles. The maximum atomic E-state index is 11.7. The maximum Gasteiger partial charge on any atom is 0.311 e. The minimum Gasteiger partial charge on any atom is -0.481 e. The van der Waals surface area contributed by atoms with Crippen molar-refractivity contribution in [2.45, 2.75) is 38.5 Å². The first-order valence-electron chi connectivity index (χ1n) is 6.22. The largest absolute Gasteiger partial charge is 0.481 e. The first kappa shape index (κ1) is 12.4. The van der Waals surface area contributed by atoms with Gasteiger partial charge in [-0.15, -0.1) is 0 Å². The average molecular weight is 240 g/mol. The molecule has 1 amide bonds. The average Bonchev–Trinajstić information content (AvgIpc) is 3.01. The Bertz CT molecular complexity index is 327. The summed E-state index contributed by atoms with van der Waals surface area (Å²) in [6, 6.07) is 0. The number of nitrogens with two attached hydrogens (primary N) is 1. The minimum absolute atomic E-state index is 0.00990. The van der Waals surface area contributed by atoms with E-state index in [1.54, 1.807) is 0 Å². The fourth-order valence-electron chi connectivity index (χ4n) is 2.42. The topological polar surface area (TPSA) is 92.4 Å². The standard InChI is InChI=1S/C12H20N2O3/c13-7-11(2-1-3-11)6-9(15)14-8-12(4-5-12)10(16)17/h1-8,13H2,(H,14,15)(H,16,17). The van der Waals surface area contributed by atoms with Crippen LogP contribution in [0.4, 0.5) is 0 Å². The number of carboxylic acids is 1. The maximum absolute atomic E-state index is 11.7. The van der Waals surface area contributed by atoms with Gasteiger partial charge in [-0.2, -0.15) is 0 Å². The molecule has 2 aliphatic rings. The third-order valence-corrected chi connectivity index (χ3v) is 4.31. The third kappa shape index (κ3) is 2.44. The van der Waals surface area contributed by atoms with Crippen LogP contribution in [0.2, 0.25) is 0 Å². The Kier molecular flexibility index (Phi) is 3.12. The fraction of sp³-hybridized carbons (Fsp3) is 0.833. The van der Waals surface area contributed by atoms with E-state index < -0.39 is 11.4 Å². The van der Waals surface area contributed by atoms with E-state index in [-0.39, 0.29) is 17.9 Å². The molecule has 0 aromatic heterocycles. The zero-order chi connectivity index (χ0) is 12.5. The molecule has 0 bridgehead atoms. The molecule has 5 heteroatoms. The van der Waals surface area contributed by atoms with Crippen LogP contribution >= 0.6 is 0 Å². The van der Waals surface area contributed by atoms with Crippen molar-refractivity contribution in [1.29, 1.82) is 0 Å². The first-order valence-corrected chi connectivity index (χ1v) is 6.22. The van der Waals surface area contributed by atoms with Crippen molar-refractivity contribution >= 4 is 11.9 Å². The number of aliphatic carboxylic acids is 1. The Morgan fingerprint density at radius 1 is 1.24 bits per heavy atom. The molecule has 0 aromatic rings. The number of carbonyl (C=O) groups excluding carboxylic acids is 1. The molecule has 0 heterocycles. The van der Waals surface area contributed by atoms with E-state index in [1.807, 2.05) is 0 Å². The zero-order valence-corrected chi connectivity index (χ0v) is 10.00. The van der Waals surface area contributed by atoms with Crippen LogP contribution in [0.25, 0.3) is 0 Å². The molecule has 0 unspecified atom stereocenters. The lowest BCUT2D eigenvalue weighted by Gasteiger charge is -2.40. The monoisotopic (exact) mass is 240 g/mol. The third-order valence-electron chi connectivity index (χ3n) is 4.31. The lowest BCUT2D eigenvalue weighted by Crippen LogP contribution is -2.43. The van der Waals surface area contributed by atoms with Gasteiger partial charge in [0.15, 0.2) is 0 Å². The lowest BCUT2D eigenvalue weighted by atomic mass is 9.66. The molecule has 2 aliphatic carbocycles. The molecular formula is C12H20N2O3. The number of hydrogen-bond acceptors (Lipinski definition) is 3. The zero-order valence-electron chi connectivity index (χ0n) is 10.00. The van der Waals surface area contributed by atoms with E-state index in [4.69, 9.17) is 10.8 Å². The molecule has 0 aliphatic heterocycles. The number of nitrogens with one attached hydrogen (secondary N) is 1. The first-order chi connectivity index (χ1) is 8.02. The van der Waals surface area contributed by atoms with Gasteiger partial charge in [-0.25, -0.2) is 0 Å². The second kappa shape index (κ2) is 4.29. The summed E-state index contributed by atoms with van der Waals surface area (Å²) in [5, 5.41) is 11.7. The van der Waals surface area contributed by atoms with Gasteiger partial charge in [-0.3, -0.25) is 9.59 Å². The van der Waals surface area contributed by atoms with Crippen LogP contribution in [-0.2, 0) is 9.59 Å². The Labute approximate surface area is 101 Å². The van der Waals surface area contributed by atoms with Crippen LogP contribution in [0.3, 0.4) is 0 Å². The minimum atomic E-state index is -0.796. The molecule has 17 heavy (non-hydrogen) atoms. The van der Waals surface area contributed by atoms with Crippen LogP contribution in [0.5, 0.6) is 0 Å². The van der Waals surface area contributed by atoms with Crippen molar-refractivity contribution in [1.82, 2.24) is 5.32 Å². The molecule has 2 saturated carbocycles. The van der Waals surface area contributed by atoms with Crippen LogP contribution < -0.4 is 11.1 Å². The highest BCUT2D eigenvalue weighted by molar-refractivity contribution is 5.81. The van der Waals surface area contributed by atoms with Crippen molar-refractivity contribution in [3.8, 4) is 0 Å². The summed E-state index contributed by atoms with van der Waals surface area (Å²) in [5.74, 6) is -0.849. The normalized spacial score (nSPS) is 23.6. The van der Waals surface area contributed by atoms with Crippen LogP contribution in [-0.4, -0.2) is 30.1 Å². The van der Waals surface area contributed by atoms with Gasteiger partial charge < -0.3 is 16.2 Å². The second-order valence-electron chi connectivity index (χ2n) is 5.60. The van der Waals surface area contributed by atoms with E-state index in [0.717, 1.165) is 19.3 Å². The Balaban J connectivity index is 1.76. The predicted octanol–water partition coefficient (Wildman–Crippen LogP) is 0.486. The van der Waals surface area contributed by atoms with E-state index in [0.29, 0.717) is 25.8 Å². The Morgan fingerprint density at radius 2 is 1.88 bits per heavy atom. The smallest absolute Gasteiger partial charge is 0.311 e. The summed E-state index contributed by atoms with van der Waals surface area (Å²) in [4.78, 5) is 22.7. The molecule has 0 radical (unpaired) electrons. The summed E-state index contributed by atoms with van der Waals surface area (Å²) in [5.41, 5.74) is 5.00. The summed E-state index contributed by atoms with van der Waals surface area (Å²) < 4.78 is 0. The number of carboxylic acid groups (broad SMARTS) is 1. The molecule has 4 N–H and O–H groups in total. The van der Waals surface area contributed by atoms with E-state index in [1.165, 1.54) is 0 Å². The van der Waals surface area contributed by atoms with Crippen molar-refractivity contribution in [3.63, 3.8) is 0 Å². The van der Waals surface area contributed by atoms with Crippen molar-refractivity contribution in [3.05, 3.63) is 0 Å². The summed E-state index contributed by atoms with van der Waals surface area (Å²) in [6.07, 6.45) is 4.96. The molecule has 96 valence electrons. The quantitative estimate of drug-likeness (QED) is 0.630. The second-order valence-corrected chi connectivity index (χ2v) is 5.60. The van der Waals surface area contributed by atoms with Crippen molar-refractivity contribution < 1.29 is 14.7 Å². The SMILES string of the molecule is NCC1(CC(=O)NCC2(C(=O)O)CC2)CCC1. The number of amides is 1. The summed E-state index contributed by atoms with van der Waals surface area (Å²) in [7, 11) is 0. The molecule has 0 aromatic carbocycles. The van der Waals surface area contributed by atoms with Gasteiger partial charge in [0, 0.05) is 13.0 Å². The Hall–Kier alpha value is -1.10. The van der Waals surface area contributed by atoms with Crippen LogP contribution in [0.15, 0.2) is 0 Å². The van der Waals surface area contributed by atoms with Gasteiger partial charge in [0.05, 0.1) is 5.41 Å². The molecular weight excluding hydrogens is 220 g/mol. The fourth-order valence-corrected chi connectivity index (χ4v) is 2.42. The summed E-state index contributed by atoms with van der Waals surface area (Å²) >= 11 is 0. The Morgan fingerprint density at radius 3 is 2.24 bits per heavy atom. The predicted molar refractivity (Wildman–Crippen MR) is 62.3 cm³/mol. The van der Waals surface area contributed by atoms with Crippen molar-refractivity contribution in [2.24, 2.45) is 16.6 Å². The van der Waals surface area contributed by atoms with E-state index >= 15 is 0 Å². The van der Waals surface area contributed by atoms with Crippen LogP contribution in [0, 0.1) is 10.8 Å². The lowest BCUT2D eigenvalue weighted by molar-refractivity contribution is -0.143. The summed E-state index contributed by atoms with van der Waals surface area (Å²) in [6.45, 7) is 0.812. The molecule has 0 spiro atoms. The molecule has 2 fully saturated rings. The van der Waals surface area contributed by atoms with Gasteiger partial charge in [-0.05, 0) is 37.6 Å². The van der Waals surface area contributed by atoms with Gasteiger partial charge in [0.2, 0.25) is 5.91 Å². The molecule has 0 atom stereocenters.